The van der Waals surface area contributed by atoms with Gasteiger partial charge in [-0.15, -0.1) is 11.3 Å². The van der Waals surface area contributed by atoms with Crippen molar-refractivity contribution < 1.29 is 4.74 Å². The molecule has 0 radical (unpaired) electrons. The maximum absolute atomic E-state index is 5.64. The molecule has 18 heavy (non-hydrogen) atoms. The first-order valence-corrected chi connectivity index (χ1v) is 6.88. The van der Waals surface area contributed by atoms with E-state index < -0.39 is 0 Å². The van der Waals surface area contributed by atoms with Gasteiger partial charge in [0.2, 0.25) is 0 Å². The van der Waals surface area contributed by atoms with E-state index in [-0.39, 0.29) is 6.10 Å². The molecular weight excluding hydrogens is 248 g/mol. The van der Waals surface area contributed by atoms with Crippen molar-refractivity contribution in [1.82, 2.24) is 9.97 Å². The number of anilines is 1. The Balaban J connectivity index is 2.18. The van der Waals surface area contributed by atoms with Crippen molar-refractivity contribution in [2.75, 3.05) is 12.0 Å². The third-order valence-electron chi connectivity index (χ3n) is 3.40. The van der Waals surface area contributed by atoms with Crippen LogP contribution in [0.15, 0.2) is 0 Å². The number of thiophene rings is 1. The number of nitrogens with two attached hydrogens (primary N) is 1. The Morgan fingerprint density at radius 2 is 2.22 bits per heavy atom. The molecule has 1 fully saturated rings. The Kier molecular flexibility index (Phi) is 2.93. The van der Waals surface area contributed by atoms with Crippen LogP contribution in [-0.2, 0) is 4.74 Å². The van der Waals surface area contributed by atoms with Crippen molar-refractivity contribution in [2.45, 2.75) is 32.8 Å². The van der Waals surface area contributed by atoms with Gasteiger partial charge in [-0.3, -0.25) is 0 Å². The fourth-order valence-electron chi connectivity index (χ4n) is 2.30. The van der Waals surface area contributed by atoms with Crippen molar-refractivity contribution in [3.8, 4) is 0 Å². The van der Waals surface area contributed by atoms with Crippen LogP contribution in [0.4, 0.5) is 5.82 Å². The Morgan fingerprint density at radius 1 is 1.39 bits per heavy atom. The summed E-state index contributed by atoms with van der Waals surface area (Å²) in [5.74, 6) is 7.03. The second-order valence-electron chi connectivity index (χ2n) is 4.54. The molecule has 3 N–H and O–H groups in total. The maximum atomic E-state index is 5.64. The molecule has 0 aliphatic carbocycles. The standard InChI is InChI=1S/C12H16N4OS/c1-6-7(2)18-12-9(6)11(16-13)14-10(15-12)8-4-3-5-17-8/h8H,3-5,13H2,1-2H3,(H,14,15,16). The summed E-state index contributed by atoms with van der Waals surface area (Å²) in [6.45, 7) is 4.96. The lowest BCUT2D eigenvalue weighted by molar-refractivity contribution is 0.105. The minimum atomic E-state index is 0.0178. The summed E-state index contributed by atoms with van der Waals surface area (Å²) in [7, 11) is 0. The number of hydrogen-bond donors (Lipinski definition) is 2. The largest absolute Gasteiger partial charge is 0.370 e. The molecular formula is C12H16N4OS. The number of hydrazine groups is 1. The Morgan fingerprint density at radius 3 is 2.89 bits per heavy atom. The van der Waals surface area contributed by atoms with E-state index in [1.54, 1.807) is 11.3 Å². The van der Waals surface area contributed by atoms with E-state index >= 15 is 0 Å². The van der Waals surface area contributed by atoms with Gasteiger partial charge in [0, 0.05) is 11.5 Å². The van der Waals surface area contributed by atoms with Gasteiger partial charge in [-0.1, -0.05) is 0 Å². The molecule has 96 valence electrons. The number of hydrogen-bond acceptors (Lipinski definition) is 6. The predicted octanol–water partition coefficient (Wildman–Crippen LogP) is 2.45. The predicted molar refractivity (Wildman–Crippen MR) is 72.6 cm³/mol. The van der Waals surface area contributed by atoms with Crippen molar-refractivity contribution in [1.29, 1.82) is 0 Å². The quantitative estimate of drug-likeness (QED) is 0.644. The Bertz CT molecular complexity index is 589. The van der Waals surface area contributed by atoms with E-state index in [1.165, 1.54) is 10.4 Å². The van der Waals surface area contributed by atoms with E-state index in [4.69, 9.17) is 10.6 Å². The van der Waals surface area contributed by atoms with Crippen LogP contribution < -0.4 is 11.3 Å². The molecule has 1 atom stereocenters. The number of nitrogen functional groups attached to an aromatic ring is 1. The van der Waals surface area contributed by atoms with Crippen LogP contribution in [0.2, 0.25) is 0 Å². The first-order valence-electron chi connectivity index (χ1n) is 6.06. The topological polar surface area (TPSA) is 73.1 Å². The summed E-state index contributed by atoms with van der Waals surface area (Å²) in [6, 6.07) is 0. The molecule has 2 aromatic heterocycles. The lowest BCUT2D eigenvalue weighted by Gasteiger charge is -2.10. The lowest BCUT2D eigenvalue weighted by Crippen LogP contribution is -2.12. The second kappa shape index (κ2) is 4.46. The molecule has 6 heteroatoms. The smallest absolute Gasteiger partial charge is 0.161 e. The second-order valence-corrected chi connectivity index (χ2v) is 5.74. The summed E-state index contributed by atoms with van der Waals surface area (Å²) >= 11 is 1.68. The molecule has 3 rings (SSSR count). The maximum Gasteiger partial charge on any atom is 0.161 e. The minimum absolute atomic E-state index is 0.0178. The first-order chi connectivity index (χ1) is 8.70. The van der Waals surface area contributed by atoms with Crippen LogP contribution in [0.1, 0.15) is 35.2 Å². The molecule has 0 aromatic carbocycles. The van der Waals surface area contributed by atoms with Gasteiger partial charge in [-0.2, -0.15) is 0 Å². The van der Waals surface area contributed by atoms with Gasteiger partial charge in [0.15, 0.2) is 11.6 Å². The molecule has 1 saturated heterocycles. The third-order valence-corrected chi connectivity index (χ3v) is 4.50. The number of rotatable bonds is 2. The highest BCUT2D eigenvalue weighted by Crippen LogP contribution is 2.35. The zero-order chi connectivity index (χ0) is 12.7. The molecule has 5 nitrogen and oxygen atoms in total. The molecule has 1 aliphatic heterocycles. The van der Waals surface area contributed by atoms with Crippen LogP contribution in [0.3, 0.4) is 0 Å². The zero-order valence-electron chi connectivity index (χ0n) is 10.5. The highest BCUT2D eigenvalue weighted by molar-refractivity contribution is 7.18. The molecule has 0 amide bonds. The van der Waals surface area contributed by atoms with Gasteiger partial charge in [-0.05, 0) is 32.3 Å². The van der Waals surface area contributed by atoms with Gasteiger partial charge in [0.05, 0.1) is 5.39 Å². The van der Waals surface area contributed by atoms with Crippen molar-refractivity contribution >= 4 is 27.4 Å². The minimum Gasteiger partial charge on any atom is -0.370 e. The highest BCUT2D eigenvalue weighted by Gasteiger charge is 2.23. The summed E-state index contributed by atoms with van der Waals surface area (Å²) < 4.78 is 5.64. The average molecular weight is 264 g/mol. The van der Waals surface area contributed by atoms with Crippen LogP contribution in [0, 0.1) is 13.8 Å². The summed E-state index contributed by atoms with van der Waals surface area (Å²) in [6.07, 6.45) is 2.07. The molecule has 1 aliphatic rings. The van der Waals surface area contributed by atoms with E-state index in [1.807, 2.05) is 0 Å². The molecule has 0 bridgehead atoms. The third kappa shape index (κ3) is 1.77. The zero-order valence-corrected chi connectivity index (χ0v) is 11.3. The van der Waals surface area contributed by atoms with Gasteiger partial charge in [0.1, 0.15) is 10.9 Å². The van der Waals surface area contributed by atoms with Crippen molar-refractivity contribution in [3.63, 3.8) is 0 Å². The van der Waals surface area contributed by atoms with E-state index in [9.17, 15) is 0 Å². The van der Waals surface area contributed by atoms with Crippen LogP contribution in [-0.4, -0.2) is 16.6 Å². The van der Waals surface area contributed by atoms with E-state index in [2.05, 4.69) is 29.2 Å². The Hall–Kier alpha value is -1.24. The number of ether oxygens (including phenoxy) is 1. The van der Waals surface area contributed by atoms with E-state index in [0.29, 0.717) is 5.82 Å². The summed E-state index contributed by atoms with van der Waals surface area (Å²) in [4.78, 5) is 11.4. The number of fused-ring (bicyclic) bond motifs is 1. The van der Waals surface area contributed by atoms with Gasteiger partial charge < -0.3 is 10.2 Å². The lowest BCUT2D eigenvalue weighted by atomic mass is 10.2. The molecule has 0 saturated carbocycles. The van der Waals surface area contributed by atoms with E-state index in [0.717, 1.165) is 35.5 Å². The number of nitrogens with one attached hydrogen (secondary N) is 1. The van der Waals surface area contributed by atoms with Gasteiger partial charge in [-0.25, -0.2) is 15.8 Å². The van der Waals surface area contributed by atoms with Crippen molar-refractivity contribution in [3.05, 3.63) is 16.3 Å². The SMILES string of the molecule is Cc1sc2nc(C3CCCO3)nc(NN)c2c1C. The summed E-state index contributed by atoms with van der Waals surface area (Å²) in [5.41, 5.74) is 3.88. The van der Waals surface area contributed by atoms with Crippen LogP contribution in [0.5, 0.6) is 0 Å². The van der Waals surface area contributed by atoms with Crippen LogP contribution in [0.25, 0.3) is 10.2 Å². The molecule has 1 unspecified atom stereocenters. The highest BCUT2D eigenvalue weighted by atomic mass is 32.1. The number of aromatic nitrogens is 2. The average Bonchev–Trinajstić information content (AvgIpc) is 2.98. The van der Waals surface area contributed by atoms with Gasteiger partial charge >= 0.3 is 0 Å². The normalized spacial score (nSPS) is 19.6. The first kappa shape index (κ1) is 11.8. The molecule has 3 heterocycles. The molecule has 0 spiro atoms. The number of aryl methyl sites for hydroxylation is 2. The summed E-state index contributed by atoms with van der Waals surface area (Å²) in [5, 5.41) is 1.03. The Labute approximate surface area is 109 Å². The van der Waals surface area contributed by atoms with Gasteiger partial charge in [0.25, 0.3) is 0 Å². The fourth-order valence-corrected chi connectivity index (χ4v) is 3.33. The molecule has 2 aromatic rings. The number of nitrogens with zero attached hydrogens (tertiary/aromatic N) is 2. The monoisotopic (exact) mass is 264 g/mol. The van der Waals surface area contributed by atoms with Crippen LogP contribution >= 0.6 is 11.3 Å². The van der Waals surface area contributed by atoms with Crippen molar-refractivity contribution in [2.24, 2.45) is 5.84 Å². The fraction of sp³-hybridized carbons (Fsp3) is 0.500.